The fraction of sp³-hybridized carbons (Fsp3) is 0.538. The number of rotatable bonds is 2. The summed E-state index contributed by atoms with van der Waals surface area (Å²) in [6.45, 7) is 4.13. The van der Waals surface area contributed by atoms with E-state index in [1.165, 1.54) is 6.07 Å². The number of aliphatic hydroxyl groups is 1. The lowest BCUT2D eigenvalue weighted by Gasteiger charge is -2.35. The molecule has 1 saturated heterocycles. The summed E-state index contributed by atoms with van der Waals surface area (Å²) in [5.74, 6) is -0.170. The maximum atomic E-state index is 13.7. The molecule has 0 atom stereocenters. The molecule has 1 aromatic carbocycles. The largest absolute Gasteiger partial charge is 0.390 e. The summed E-state index contributed by atoms with van der Waals surface area (Å²) in [6.07, 6.45) is 1.51. The second kappa shape index (κ2) is 5.04. The maximum absolute atomic E-state index is 13.7. The first-order valence-electron chi connectivity index (χ1n) is 5.85. The lowest BCUT2D eigenvalue weighted by atomic mass is 9.93. The van der Waals surface area contributed by atoms with Crippen LogP contribution in [-0.2, 0) is 6.54 Å². The van der Waals surface area contributed by atoms with Crippen molar-refractivity contribution in [3.8, 4) is 0 Å². The first-order chi connectivity index (χ1) is 7.96. The van der Waals surface area contributed by atoms with Gasteiger partial charge >= 0.3 is 0 Å². The predicted octanol–water partition coefficient (Wildman–Crippen LogP) is 2.94. The fourth-order valence-corrected chi connectivity index (χ4v) is 2.42. The van der Waals surface area contributed by atoms with Crippen molar-refractivity contribution in [1.29, 1.82) is 0 Å². The van der Waals surface area contributed by atoms with Crippen LogP contribution in [0, 0.1) is 5.82 Å². The molecule has 0 amide bonds. The fourth-order valence-electron chi connectivity index (χ4n) is 2.08. The first kappa shape index (κ1) is 13.0. The Labute approximate surface area is 110 Å². The van der Waals surface area contributed by atoms with E-state index < -0.39 is 5.60 Å². The van der Waals surface area contributed by atoms with E-state index in [0.29, 0.717) is 6.54 Å². The van der Waals surface area contributed by atoms with Crippen molar-refractivity contribution in [3.05, 3.63) is 34.1 Å². The van der Waals surface area contributed by atoms with Gasteiger partial charge in [-0.05, 0) is 31.9 Å². The number of likely N-dealkylation sites (tertiary alicyclic amines) is 1. The van der Waals surface area contributed by atoms with Gasteiger partial charge in [0.25, 0.3) is 0 Å². The molecular weight excluding hydrogens is 285 g/mol. The van der Waals surface area contributed by atoms with Crippen molar-refractivity contribution in [1.82, 2.24) is 4.90 Å². The van der Waals surface area contributed by atoms with E-state index in [0.717, 1.165) is 36.0 Å². The third-order valence-electron chi connectivity index (χ3n) is 3.34. The van der Waals surface area contributed by atoms with Gasteiger partial charge in [0.2, 0.25) is 0 Å². The number of hydrogen-bond acceptors (Lipinski definition) is 2. The van der Waals surface area contributed by atoms with Gasteiger partial charge in [0.15, 0.2) is 0 Å². The van der Waals surface area contributed by atoms with Gasteiger partial charge < -0.3 is 5.11 Å². The summed E-state index contributed by atoms with van der Waals surface area (Å²) in [5, 5.41) is 9.84. The van der Waals surface area contributed by atoms with Crippen LogP contribution in [0.15, 0.2) is 22.7 Å². The molecule has 4 heteroatoms. The van der Waals surface area contributed by atoms with Crippen LogP contribution in [0.25, 0.3) is 0 Å². The van der Waals surface area contributed by atoms with Crippen molar-refractivity contribution in [2.45, 2.75) is 31.9 Å². The Hall–Kier alpha value is -0.450. The molecule has 94 valence electrons. The number of benzene rings is 1. The van der Waals surface area contributed by atoms with Crippen LogP contribution in [0.1, 0.15) is 25.3 Å². The zero-order valence-electron chi connectivity index (χ0n) is 9.92. The molecule has 1 aliphatic heterocycles. The number of halogens is 2. The Morgan fingerprint density at radius 3 is 2.65 bits per heavy atom. The molecule has 0 spiro atoms. The Kier molecular flexibility index (Phi) is 3.85. The van der Waals surface area contributed by atoms with Gasteiger partial charge in [-0.3, -0.25) is 4.90 Å². The van der Waals surface area contributed by atoms with Crippen LogP contribution in [0.5, 0.6) is 0 Å². The van der Waals surface area contributed by atoms with E-state index in [-0.39, 0.29) is 5.82 Å². The minimum Gasteiger partial charge on any atom is -0.390 e. The monoisotopic (exact) mass is 301 g/mol. The second-order valence-electron chi connectivity index (χ2n) is 5.01. The molecule has 0 saturated carbocycles. The SMILES string of the molecule is CC1(O)CCN(Cc2ccc(Br)cc2F)CC1. The molecule has 1 fully saturated rings. The van der Waals surface area contributed by atoms with Crippen LogP contribution in [0.2, 0.25) is 0 Å². The highest BCUT2D eigenvalue weighted by Crippen LogP contribution is 2.23. The average molecular weight is 302 g/mol. The Morgan fingerprint density at radius 2 is 2.06 bits per heavy atom. The molecule has 0 unspecified atom stereocenters. The summed E-state index contributed by atoms with van der Waals surface area (Å²) < 4.78 is 14.4. The number of hydrogen-bond donors (Lipinski definition) is 1. The van der Waals surface area contributed by atoms with Crippen LogP contribution in [-0.4, -0.2) is 28.7 Å². The zero-order chi connectivity index (χ0) is 12.5. The minimum absolute atomic E-state index is 0.170. The standard InChI is InChI=1S/C13H17BrFNO/c1-13(17)4-6-16(7-5-13)9-10-2-3-11(14)8-12(10)15/h2-3,8,17H,4-7,9H2,1H3. The predicted molar refractivity (Wildman–Crippen MR) is 69.2 cm³/mol. The van der Waals surface area contributed by atoms with Crippen molar-refractivity contribution in [2.75, 3.05) is 13.1 Å². The van der Waals surface area contributed by atoms with Crippen LogP contribution < -0.4 is 0 Å². The topological polar surface area (TPSA) is 23.5 Å². The van der Waals surface area contributed by atoms with E-state index in [9.17, 15) is 9.50 Å². The van der Waals surface area contributed by atoms with E-state index in [1.54, 1.807) is 0 Å². The van der Waals surface area contributed by atoms with Crippen LogP contribution in [0.3, 0.4) is 0 Å². The Balaban J connectivity index is 1.98. The molecule has 1 N–H and O–H groups in total. The maximum Gasteiger partial charge on any atom is 0.128 e. The Morgan fingerprint density at radius 1 is 1.41 bits per heavy atom. The van der Waals surface area contributed by atoms with Gasteiger partial charge in [0.05, 0.1) is 5.60 Å². The summed E-state index contributed by atoms with van der Waals surface area (Å²) in [4.78, 5) is 2.18. The van der Waals surface area contributed by atoms with E-state index in [4.69, 9.17) is 0 Å². The number of nitrogens with zero attached hydrogens (tertiary/aromatic N) is 1. The van der Waals surface area contributed by atoms with E-state index in [2.05, 4.69) is 20.8 Å². The van der Waals surface area contributed by atoms with Crippen molar-refractivity contribution in [2.24, 2.45) is 0 Å². The highest BCUT2D eigenvalue weighted by atomic mass is 79.9. The van der Waals surface area contributed by atoms with Gasteiger partial charge in [-0.15, -0.1) is 0 Å². The van der Waals surface area contributed by atoms with Gasteiger partial charge in [-0.1, -0.05) is 22.0 Å². The summed E-state index contributed by atoms with van der Waals surface area (Å²) in [5.41, 5.74) is 0.170. The van der Waals surface area contributed by atoms with Crippen molar-refractivity contribution in [3.63, 3.8) is 0 Å². The second-order valence-corrected chi connectivity index (χ2v) is 5.92. The van der Waals surface area contributed by atoms with Gasteiger partial charge in [-0.2, -0.15) is 0 Å². The summed E-state index contributed by atoms with van der Waals surface area (Å²) in [6, 6.07) is 5.17. The lowest BCUT2D eigenvalue weighted by molar-refractivity contribution is -0.00749. The highest BCUT2D eigenvalue weighted by molar-refractivity contribution is 9.10. The van der Waals surface area contributed by atoms with E-state index >= 15 is 0 Å². The molecule has 0 radical (unpaired) electrons. The average Bonchev–Trinajstić information content (AvgIpc) is 2.25. The van der Waals surface area contributed by atoms with Gasteiger partial charge in [0.1, 0.15) is 5.82 Å². The van der Waals surface area contributed by atoms with Crippen molar-refractivity contribution >= 4 is 15.9 Å². The minimum atomic E-state index is -0.547. The molecule has 2 rings (SSSR count). The molecule has 1 aromatic rings. The van der Waals surface area contributed by atoms with Crippen molar-refractivity contribution < 1.29 is 9.50 Å². The van der Waals surface area contributed by atoms with Crippen LogP contribution in [0.4, 0.5) is 4.39 Å². The van der Waals surface area contributed by atoms with Crippen LogP contribution >= 0.6 is 15.9 Å². The molecule has 2 nitrogen and oxygen atoms in total. The first-order valence-corrected chi connectivity index (χ1v) is 6.64. The van der Waals surface area contributed by atoms with Gasteiger partial charge in [0, 0.05) is 29.7 Å². The zero-order valence-corrected chi connectivity index (χ0v) is 11.5. The smallest absolute Gasteiger partial charge is 0.128 e. The van der Waals surface area contributed by atoms with Gasteiger partial charge in [-0.25, -0.2) is 4.39 Å². The van der Waals surface area contributed by atoms with E-state index in [1.807, 2.05) is 19.1 Å². The quantitative estimate of drug-likeness (QED) is 0.908. The molecule has 0 bridgehead atoms. The summed E-state index contributed by atoms with van der Waals surface area (Å²) >= 11 is 3.25. The molecule has 0 aromatic heterocycles. The number of piperidine rings is 1. The summed E-state index contributed by atoms with van der Waals surface area (Å²) in [7, 11) is 0. The highest BCUT2D eigenvalue weighted by Gasteiger charge is 2.27. The molecule has 1 aliphatic rings. The normalized spacial score (nSPS) is 20.5. The third kappa shape index (κ3) is 3.50. The molecular formula is C13H17BrFNO. The molecule has 17 heavy (non-hydrogen) atoms. The third-order valence-corrected chi connectivity index (χ3v) is 3.84. The molecule has 0 aliphatic carbocycles. The molecule has 1 heterocycles. The Bertz CT molecular complexity index is 398. The lowest BCUT2D eigenvalue weighted by Crippen LogP contribution is -2.42.